The number of carbonyl (C=O) groups is 1. The molecule has 2 aliphatic rings. The van der Waals surface area contributed by atoms with Gasteiger partial charge in [0.25, 0.3) is 0 Å². The lowest BCUT2D eigenvalue weighted by atomic mass is 9.99. The third-order valence-corrected chi connectivity index (χ3v) is 6.20. The van der Waals surface area contributed by atoms with Crippen molar-refractivity contribution >= 4 is 12.0 Å². The number of phenolic OH excluding ortho intramolecular Hbond substituents is 1. The number of aliphatic hydroxyl groups is 7. The number of aliphatic hydroxyl groups excluding tert-OH is 7. The van der Waals surface area contributed by atoms with Gasteiger partial charge in [0.2, 0.25) is 11.5 Å². The van der Waals surface area contributed by atoms with Crippen LogP contribution in [0.1, 0.15) is 5.56 Å². The van der Waals surface area contributed by atoms with E-state index < -0.39 is 80.6 Å². The molecule has 0 bridgehead atoms. The number of hydrogen-bond donors (Lipinski definition) is 8. The van der Waals surface area contributed by atoms with Crippen LogP contribution in [0.25, 0.3) is 6.08 Å². The van der Waals surface area contributed by atoms with Crippen LogP contribution in [0.3, 0.4) is 0 Å². The van der Waals surface area contributed by atoms with Gasteiger partial charge in [0, 0.05) is 6.08 Å². The second-order valence-electron chi connectivity index (χ2n) is 8.58. The quantitative estimate of drug-likeness (QED) is 0.105. The summed E-state index contributed by atoms with van der Waals surface area (Å²) < 4.78 is 31.7. The van der Waals surface area contributed by atoms with Crippen LogP contribution in [0, 0.1) is 0 Å². The van der Waals surface area contributed by atoms with Crippen LogP contribution in [0.2, 0.25) is 0 Å². The summed E-state index contributed by atoms with van der Waals surface area (Å²) in [7, 11) is 2.64. The van der Waals surface area contributed by atoms with Gasteiger partial charge in [0.05, 0.1) is 27.4 Å². The van der Waals surface area contributed by atoms with Crippen molar-refractivity contribution in [1.82, 2.24) is 0 Å². The predicted molar refractivity (Wildman–Crippen MR) is 123 cm³/mol. The second-order valence-corrected chi connectivity index (χ2v) is 8.58. The molecule has 0 aliphatic carbocycles. The zero-order chi connectivity index (χ0) is 28.2. The molecular formula is C23H32O15. The van der Waals surface area contributed by atoms with Gasteiger partial charge in [0.15, 0.2) is 23.9 Å². The number of hydrogen-bond acceptors (Lipinski definition) is 15. The molecule has 0 saturated carbocycles. The highest BCUT2D eigenvalue weighted by atomic mass is 16.8. The highest BCUT2D eigenvalue weighted by molar-refractivity contribution is 5.87. The lowest BCUT2D eigenvalue weighted by Crippen LogP contribution is -2.63. The van der Waals surface area contributed by atoms with Crippen molar-refractivity contribution in [2.75, 3.05) is 34.0 Å². The molecule has 0 radical (unpaired) electrons. The third-order valence-electron chi connectivity index (χ3n) is 6.20. The number of methoxy groups -OCH3 is 2. The first-order chi connectivity index (χ1) is 18.0. The van der Waals surface area contributed by atoms with E-state index in [2.05, 4.69) is 0 Å². The molecule has 1 aromatic carbocycles. The molecule has 0 spiro atoms. The molecule has 2 heterocycles. The number of rotatable bonds is 10. The normalized spacial score (nSPS) is 35.4. The minimum Gasteiger partial charge on any atom is -0.502 e. The first-order valence-electron chi connectivity index (χ1n) is 11.4. The van der Waals surface area contributed by atoms with Gasteiger partial charge >= 0.3 is 5.97 Å². The van der Waals surface area contributed by atoms with Crippen molar-refractivity contribution in [3.05, 3.63) is 23.8 Å². The Hall–Kier alpha value is -2.57. The zero-order valence-corrected chi connectivity index (χ0v) is 20.5. The Balaban J connectivity index is 1.84. The van der Waals surface area contributed by atoms with E-state index in [1.54, 1.807) is 0 Å². The molecule has 1 aromatic rings. The Morgan fingerprint density at radius 1 is 0.947 bits per heavy atom. The lowest BCUT2D eigenvalue weighted by Gasteiger charge is -2.43. The maximum Gasteiger partial charge on any atom is 0.331 e. The van der Waals surface area contributed by atoms with Gasteiger partial charge in [0.1, 0.15) is 43.2 Å². The second kappa shape index (κ2) is 12.5. The summed E-state index contributed by atoms with van der Waals surface area (Å²) >= 11 is 0. The molecule has 9 atom stereocenters. The van der Waals surface area contributed by atoms with Gasteiger partial charge in [-0.05, 0) is 23.8 Å². The van der Waals surface area contributed by atoms with Crippen LogP contribution in [-0.4, -0.2) is 136 Å². The van der Waals surface area contributed by atoms with E-state index in [1.807, 2.05) is 0 Å². The molecule has 0 amide bonds. The Morgan fingerprint density at radius 3 is 2.08 bits per heavy atom. The van der Waals surface area contributed by atoms with E-state index in [1.165, 1.54) is 32.4 Å². The number of phenols is 1. The van der Waals surface area contributed by atoms with Crippen molar-refractivity contribution in [2.45, 2.75) is 54.8 Å². The van der Waals surface area contributed by atoms with Gasteiger partial charge in [-0.1, -0.05) is 0 Å². The minimum absolute atomic E-state index is 0.0648. The SMILES string of the molecule is COc1cc(/C=C/C(=O)O[C@H]2[C@H](O)[C@@H](CO)O[C@@]2(CO)O[C@@H]2O[C@H](CO)[C@@H](O)[C@H](O)[C@H]2O)cc(OC)c1O. The minimum atomic E-state index is -2.39. The van der Waals surface area contributed by atoms with Crippen LogP contribution < -0.4 is 9.47 Å². The van der Waals surface area contributed by atoms with Crippen molar-refractivity contribution in [3.8, 4) is 17.2 Å². The number of esters is 1. The van der Waals surface area contributed by atoms with Crippen LogP contribution in [0.15, 0.2) is 18.2 Å². The van der Waals surface area contributed by atoms with Gasteiger partial charge < -0.3 is 69.3 Å². The van der Waals surface area contributed by atoms with E-state index >= 15 is 0 Å². The van der Waals surface area contributed by atoms with Crippen LogP contribution in [-0.2, 0) is 23.7 Å². The standard InChI is InChI=1S/C23H32O15/c1-33-11-5-10(6-12(34-2)16(11)28)3-4-15(27)36-21-18(30)14(8-25)37-23(21,9-26)38-22-20(32)19(31)17(29)13(7-24)35-22/h3-6,13-14,17-22,24-26,28-32H,7-9H2,1-2H3/b4-3+/t13-,14-,17-,18-,19+,20-,21+,22+,23+/m1/s1. The highest BCUT2D eigenvalue weighted by Gasteiger charge is 2.60. The van der Waals surface area contributed by atoms with Gasteiger partial charge in [-0.25, -0.2) is 4.79 Å². The summed E-state index contributed by atoms with van der Waals surface area (Å²) in [5, 5.41) is 80.1. The fourth-order valence-corrected chi connectivity index (χ4v) is 4.11. The van der Waals surface area contributed by atoms with Crippen molar-refractivity contribution in [3.63, 3.8) is 0 Å². The fraction of sp³-hybridized carbons (Fsp3) is 0.609. The van der Waals surface area contributed by atoms with Crippen LogP contribution in [0.5, 0.6) is 17.2 Å². The van der Waals surface area contributed by atoms with Crippen LogP contribution in [0.4, 0.5) is 0 Å². The molecule has 3 rings (SSSR count). The van der Waals surface area contributed by atoms with E-state index in [4.69, 9.17) is 28.4 Å². The lowest BCUT2D eigenvalue weighted by molar-refractivity contribution is -0.383. The third kappa shape index (κ3) is 5.86. The first kappa shape index (κ1) is 30.0. The smallest absolute Gasteiger partial charge is 0.331 e. The summed E-state index contributed by atoms with van der Waals surface area (Å²) in [6.07, 6.45) is -11.3. The summed E-state index contributed by atoms with van der Waals surface area (Å²) in [6.45, 7) is -2.63. The van der Waals surface area contributed by atoms with Crippen molar-refractivity contribution < 1.29 is 74.1 Å². The molecule has 15 heteroatoms. The summed E-state index contributed by atoms with van der Waals surface area (Å²) in [4.78, 5) is 12.7. The zero-order valence-electron chi connectivity index (χ0n) is 20.5. The summed E-state index contributed by atoms with van der Waals surface area (Å²) in [6, 6.07) is 2.80. The maximum absolute atomic E-state index is 12.7. The first-order valence-corrected chi connectivity index (χ1v) is 11.4. The van der Waals surface area contributed by atoms with Gasteiger partial charge in [-0.15, -0.1) is 0 Å². The number of benzene rings is 1. The van der Waals surface area contributed by atoms with E-state index in [-0.39, 0.29) is 17.2 Å². The molecule has 0 aromatic heterocycles. The van der Waals surface area contributed by atoms with E-state index in [0.717, 1.165) is 6.08 Å². The van der Waals surface area contributed by atoms with Crippen LogP contribution >= 0.6 is 0 Å². The molecule has 214 valence electrons. The number of ether oxygens (including phenoxy) is 6. The highest BCUT2D eigenvalue weighted by Crippen LogP contribution is 2.39. The number of aromatic hydroxyl groups is 1. The van der Waals surface area contributed by atoms with E-state index in [9.17, 15) is 45.6 Å². The average Bonchev–Trinajstić information content (AvgIpc) is 3.18. The van der Waals surface area contributed by atoms with E-state index in [0.29, 0.717) is 5.56 Å². The molecule has 15 nitrogen and oxygen atoms in total. The predicted octanol–water partition coefficient (Wildman–Crippen LogP) is -3.41. The Bertz CT molecular complexity index is 959. The molecule has 38 heavy (non-hydrogen) atoms. The summed E-state index contributed by atoms with van der Waals surface area (Å²) in [5.41, 5.74) is 0.357. The molecular weight excluding hydrogens is 516 g/mol. The Morgan fingerprint density at radius 2 is 1.55 bits per heavy atom. The maximum atomic E-state index is 12.7. The molecule has 0 unspecified atom stereocenters. The monoisotopic (exact) mass is 548 g/mol. The summed E-state index contributed by atoms with van der Waals surface area (Å²) in [5.74, 6) is -3.58. The molecule has 2 saturated heterocycles. The largest absolute Gasteiger partial charge is 0.502 e. The Kier molecular flexibility index (Phi) is 9.88. The molecule has 2 aliphatic heterocycles. The molecule has 8 N–H and O–H groups in total. The Labute approximate surface area is 216 Å². The van der Waals surface area contributed by atoms with Gasteiger partial charge in [-0.3, -0.25) is 0 Å². The number of carbonyl (C=O) groups excluding carboxylic acids is 1. The van der Waals surface area contributed by atoms with Crippen molar-refractivity contribution in [2.24, 2.45) is 0 Å². The average molecular weight is 548 g/mol. The molecule has 2 fully saturated rings. The van der Waals surface area contributed by atoms with Gasteiger partial charge in [-0.2, -0.15) is 0 Å². The topological polar surface area (TPSA) is 234 Å². The van der Waals surface area contributed by atoms with Crippen molar-refractivity contribution in [1.29, 1.82) is 0 Å². The fourth-order valence-electron chi connectivity index (χ4n) is 4.11.